The van der Waals surface area contributed by atoms with E-state index < -0.39 is 0 Å². The number of aliphatic imine (C=N–C) groups is 1. The molecule has 0 fully saturated rings. The lowest BCUT2D eigenvalue weighted by molar-refractivity contribution is 0.474. The average Bonchev–Trinajstić information content (AvgIpc) is 2.59. The molecule has 1 N–H and O–H groups in total. The summed E-state index contributed by atoms with van der Waals surface area (Å²) in [7, 11) is 0. The minimum atomic E-state index is 0.346. The summed E-state index contributed by atoms with van der Waals surface area (Å²) in [5.74, 6) is 1.31. The molecule has 0 amide bonds. The van der Waals surface area contributed by atoms with Crippen LogP contribution in [-0.4, -0.2) is 16.4 Å². The summed E-state index contributed by atoms with van der Waals surface area (Å²) in [5.41, 5.74) is 0. The van der Waals surface area contributed by atoms with E-state index >= 15 is 0 Å². The van der Waals surface area contributed by atoms with Crippen LogP contribution in [0.3, 0.4) is 0 Å². The van der Waals surface area contributed by atoms with Crippen molar-refractivity contribution < 1.29 is 4.42 Å². The summed E-state index contributed by atoms with van der Waals surface area (Å²) >= 11 is 1.37. The van der Waals surface area contributed by atoms with Crippen molar-refractivity contribution in [1.82, 2.24) is 10.3 Å². The largest absolute Gasteiger partial charge is 0.444 e. The number of amidine groups is 1. The molecule has 0 spiro atoms. The van der Waals surface area contributed by atoms with Crippen molar-refractivity contribution in [2.24, 2.45) is 4.99 Å². The Morgan fingerprint density at radius 2 is 2.64 bits per heavy atom. The van der Waals surface area contributed by atoms with E-state index in [2.05, 4.69) is 15.3 Å². The molecule has 0 saturated carbocycles. The van der Waals surface area contributed by atoms with Crippen molar-refractivity contribution >= 4 is 16.9 Å². The minimum absolute atomic E-state index is 0.346. The summed E-state index contributed by atoms with van der Waals surface area (Å²) in [6, 6.07) is 0. The van der Waals surface area contributed by atoms with E-state index in [1.165, 1.54) is 11.8 Å². The molecule has 0 bridgehead atoms. The van der Waals surface area contributed by atoms with Gasteiger partial charge in [0, 0.05) is 0 Å². The predicted octanol–water partition coefficient (Wildman–Crippen LogP) is 1.27. The van der Waals surface area contributed by atoms with Crippen molar-refractivity contribution in [2.75, 3.05) is 6.26 Å². The third-order valence-electron chi connectivity index (χ3n) is 1.38. The van der Waals surface area contributed by atoms with Crippen LogP contribution in [0.1, 0.15) is 11.7 Å². The fourth-order valence-corrected chi connectivity index (χ4v) is 1.16. The quantitative estimate of drug-likeness (QED) is 0.344. The number of hydrogen-bond donors (Lipinski definition) is 1. The number of nitriles is 1. The summed E-state index contributed by atoms with van der Waals surface area (Å²) in [6.07, 6.45) is 5.29. The van der Waals surface area contributed by atoms with Crippen molar-refractivity contribution in [3.63, 3.8) is 0 Å². The maximum absolute atomic E-state index is 8.37. The van der Waals surface area contributed by atoms with E-state index in [0.29, 0.717) is 17.6 Å². The average molecular weight is 210 g/mol. The third-order valence-corrected chi connectivity index (χ3v) is 2.00. The number of nitrogens with one attached hydrogen (secondary N) is 1. The van der Waals surface area contributed by atoms with Crippen LogP contribution in [0.5, 0.6) is 0 Å². The first-order chi connectivity index (χ1) is 6.76. The number of thioether (sulfide) groups is 1. The maximum Gasteiger partial charge on any atom is 0.216 e. The van der Waals surface area contributed by atoms with Gasteiger partial charge in [0.1, 0.15) is 12.3 Å². The summed E-state index contributed by atoms with van der Waals surface area (Å²) in [4.78, 5) is 8.09. The zero-order chi connectivity index (χ0) is 10.4. The molecule has 0 aliphatic rings. The number of rotatable bonds is 2. The molecule has 0 saturated heterocycles. The molecular weight excluding hydrogens is 200 g/mol. The molecule has 5 nitrogen and oxygen atoms in total. The molecule has 1 rings (SSSR count). The first kappa shape index (κ1) is 10.6. The predicted molar refractivity (Wildman–Crippen MR) is 54.6 cm³/mol. The minimum Gasteiger partial charge on any atom is -0.444 e. The van der Waals surface area contributed by atoms with Gasteiger partial charge in [0.05, 0.1) is 6.20 Å². The lowest BCUT2D eigenvalue weighted by Gasteiger charge is -1.96. The van der Waals surface area contributed by atoms with E-state index in [0.717, 1.165) is 5.76 Å². The molecule has 0 aromatic carbocycles. The van der Waals surface area contributed by atoms with Gasteiger partial charge in [-0.05, 0) is 13.2 Å². The lowest BCUT2D eigenvalue weighted by Crippen LogP contribution is -2.13. The molecule has 74 valence electrons. The van der Waals surface area contributed by atoms with Gasteiger partial charge in [-0.3, -0.25) is 10.3 Å². The Bertz CT molecular complexity index is 366. The molecular formula is C8H10N4OS. The second-order valence-corrected chi connectivity index (χ2v) is 3.22. The van der Waals surface area contributed by atoms with E-state index in [1.807, 2.05) is 19.4 Å². The Morgan fingerprint density at radius 1 is 1.86 bits per heavy atom. The summed E-state index contributed by atoms with van der Waals surface area (Å²) in [6.45, 7) is 2.17. The lowest BCUT2D eigenvalue weighted by atomic mass is 10.6. The van der Waals surface area contributed by atoms with Crippen LogP contribution in [0.15, 0.2) is 15.6 Å². The molecule has 1 heterocycles. The van der Waals surface area contributed by atoms with Crippen LogP contribution in [0.4, 0.5) is 0 Å². The van der Waals surface area contributed by atoms with E-state index in [-0.39, 0.29) is 0 Å². The highest BCUT2D eigenvalue weighted by atomic mass is 32.2. The molecule has 0 radical (unpaired) electrons. The molecule has 6 heteroatoms. The van der Waals surface area contributed by atoms with Crippen molar-refractivity contribution in [1.29, 1.82) is 5.26 Å². The van der Waals surface area contributed by atoms with Gasteiger partial charge in [-0.15, -0.1) is 0 Å². The summed E-state index contributed by atoms with van der Waals surface area (Å²) in [5, 5.41) is 11.4. The Morgan fingerprint density at radius 3 is 3.14 bits per heavy atom. The van der Waals surface area contributed by atoms with Crippen LogP contribution in [0.2, 0.25) is 0 Å². The molecule has 0 unspecified atom stereocenters. The molecule has 1 aromatic heterocycles. The van der Waals surface area contributed by atoms with E-state index in [4.69, 9.17) is 9.68 Å². The molecule has 0 aliphatic heterocycles. The van der Waals surface area contributed by atoms with Gasteiger partial charge in [0.15, 0.2) is 11.4 Å². The second kappa shape index (κ2) is 5.29. The highest BCUT2D eigenvalue weighted by Gasteiger charge is 2.00. The Balaban J connectivity index is 2.57. The topological polar surface area (TPSA) is 74.2 Å². The van der Waals surface area contributed by atoms with Crippen molar-refractivity contribution in [3.8, 4) is 6.19 Å². The number of hydrogen-bond acceptors (Lipinski definition) is 5. The van der Waals surface area contributed by atoms with Gasteiger partial charge in [0.2, 0.25) is 5.89 Å². The number of nitrogens with zero attached hydrogens (tertiary/aromatic N) is 3. The van der Waals surface area contributed by atoms with Crippen LogP contribution in [0, 0.1) is 18.4 Å². The van der Waals surface area contributed by atoms with Gasteiger partial charge in [-0.2, -0.15) is 5.26 Å². The maximum atomic E-state index is 8.37. The number of aryl methyl sites for hydroxylation is 1. The van der Waals surface area contributed by atoms with Gasteiger partial charge in [-0.25, -0.2) is 4.98 Å². The highest BCUT2D eigenvalue weighted by molar-refractivity contribution is 8.13. The zero-order valence-electron chi connectivity index (χ0n) is 7.94. The number of aromatic nitrogens is 1. The standard InChI is InChI=1S/C8H10N4OS/c1-6-3-10-7(13-6)4-11-8(14-2)12-5-9/h3H,4H2,1-2H3,(H,11,12). The Hall–Kier alpha value is -1.48. The number of oxazole rings is 1. The first-order valence-electron chi connectivity index (χ1n) is 3.91. The van der Waals surface area contributed by atoms with Gasteiger partial charge in [0.25, 0.3) is 0 Å². The molecule has 0 atom stereocenters. The third kappa shape index (κ3) is 3.11. The fraction of sp³-hybridized carbons (Fsp3) is 0.375. The molecule has 0 aliphatic carbocycles. The first-order valence-corrected chi connectivity index (χ1v) is 5.13. The molecule has 14 heavy (non-hydrogen) atoms. The van der Waals surface area contributed by atoms with Crippen LogP contribution in [0.25, 0.3) is 0 Å². The van der Waals surface area contributed by atoms with Gasteiger partial charge < -0.3 is 4.42 Å². The normalized spacial score (nSPS) is 11.1. The molecule has 1 aromatic rings. The summed E-state index contributed by atoms with van der Waals surface area (Å²) < 4.78 is 5.22. The Labute approximate surface area is 86.2 Å². The van der Waals surface area contributed by atoms with Crippen LogP contribution < -0.4 is 5.32 Å². The smallest absolute Gasteiger partial charge is 0.216 e. The van der Waals surface area contributed by atoms with Gasteiger partial charge >= 0.3 is 0 Å². The van der Waals surface area contributed by atoms with Crippen LogP contribution >= 0.6 is 11.8 Å². The van der Waals surface area contributed by atoms with Crippen molar-refractivity contribution in [3.05, 3.63) is 17.8 Å². The SMILES string of the molecule is CSC(=NCc1ncc(C)o1)NC#N. The van der Waals surface area contributed by atoms with E-state index in [9.17, 15) is 0 Å². The second-order valence-electron chi connectivity index (χ2n) is 2.43. The highest BCUT2D eigenvalue weighted by Crippen LogP contribution is 2.04. The van der Waals surface area contributed by atoms with Crippen LogP contribution in [-0.2, 0) is 6.54 Å². The Kier molecular flexibility index (Phi) is 4.01. The fourth-order valence-electron chi connectivity index (χ4n) is 0.817. The van der Waals surface area contributed by atoms with E-state index in [1.54, 1.807) is 6.20 Å². The monoisotopic (exact) mass is 210 g/mol. The zero-order valence-corrected chi connectivity index (χ0v) is 8.76. The van der Waals surface area contributed by atoms with Crippen molar-refractivity contribution in [2.45, 2.75) is 13.5 Å². The van der Waals surface area contributed by atoms with Gasteiger partial charge in [-0.1, -0.05) is 11.8 Å².